The van der Waals surface area contributed by atoms with Crippen LogP contribution < -0.4 is 0 Å². The van der Waals surface area contributed by atoms with Crippen molar-refractivity contribution in [3.63, 3.8) is 0 Å². The van der Waals surface area contributed by atoms with Crippen LogP contribution in [0, 0.1) is 0 Å². The highest BCUT2D eigenvalue weighted by molar-refractivity contribution is 7.84. The lowest BCUT2D eigenvalue weighted by Gasteiger charge is -1.73. The van der Waals surface area contributed by atoms with Crippen LogP contribution in [0.15, 0.2) is 11.2 Å². The topological polar surface area (TPSA) is 20.2 Å². The number of hydrogen-bond donors (Lipinski definition) is 2. The molecule has 0 aliphatic heterocycles. The molecule has 0 aromatic carbocycles. The molecule has 0 unspecified atom stereocenters. The Morgan fingerprint density at radius 1 is 2.00 bits per heavy atom. The summed E-state index contributed by atoms with van der Waals surface area (Å²) in [6.07, 6.45) is 1.50. The van der Waals surface area contributed by atoms with Crippen LogP contribution >= 0.6 is 12.6 Å². The zero-order chi connectivity index (χ0) is 4.28. The van der Waals surface area contributed by atoms with E-state index in [4.69, 9.17) is 5.11 Å². The molecule has 0 aliphatic rings. The predicted octanol–water partition coefficient (Wildman–Crippen LogP) is 1.34. The van der Waals surface area contributed by atoms with E-state index in [1.807, 2.05) is 0 Å². The fourth-order valence-electron chi connectivity index (χ4n) is 0. The summed E-state index contributed by atoms with van der Waals surface area (Å²) in [4.78, 5) is 0. The normalized spacial score (nSPS) is 12.0. The first-order valence-corrected chi connectivity index (χ1v) is 1.76. The average Bonchev–Trinajstić information content (AvgIpc) is 1.38. The van der Waals surface area contributed by atoms with Crippen molar-refractivity contribution in [1.29, 1.82) is 0 Å². The van der Waals surface area contributed by atoms with Crippen LogP contribution in [-0.2, 0) is 0 Å². The minimum atomic E-state index is 0.0741. The monoisotopic (exact) mass is 90.0 g/mol. The van der Waals surface area contributed by atoms with E-state index in [0.717, 1.165) is 0 Å². The number of aliphatic hydroxyl groups is 1. The smallest absolute Gasteiger partial charge is 0.142 e. The van der Waals surface area contributed by atoms with E-state index in [-0.39, 0.29) is 5.09 Å². The standard InChI is InChI=1S/C3H6OS/c1-2-3(4)5/h2,4-5H,1H3/b3-2-. The van der Waals surface area contributed by atoms with Gasteiger partial charge in [-0.2, -0.15) is 0 Å². The quantitative estimate of drug-likeness (QED) is 0.339. The summed E-state index contributed by atoms with van der Waals surface area (Å²) >= 11 is 3.51. The fraction of sp³-hybridized carbons (Fsp3) is 0.333. The fourth-order valence-corrected chi connectivity index (χ4v) is 0. The third kappa shape index (κ3) is 3.89. The van der Waals surface area contributed by atoms with Crippen molar-refractivity contribution in [2.45, 2.75) is 6.92 Å². The number of hydrogen-bond acceptors (Lipinski definition) is 2. The van der Waals surface area contributed by atoms with Crippen LogP contribution in [0.3, 0.4) is 0 Å². The number of rotatable bonds is 0. The van der Waals surface area contributed by atoms with Crippen molar-refractivity contribution in [3.8, 4) is 0 Å². The molecule has 0 aromatic rings. The zero-order valence-electron chi connectivity index (χ0n) is 2.97. The van der Waals surface area contributed by atoms with Gasteiger partial charge in [-0.05, 0) is 13.0 Å². The summed E-state index contributed by atoms with van der Waals surface area (Å²) in [5.74, 6) is 0. The van der Waals surface area contributed by atoms with Gasteiger partial charge in [0.05, 0.1) is 0 Å². The summed E-state index contributed by atoms with van der Waals surface area (Å²) in [5, 5.41) is 8.16. The maximum absolute atomic E-state index is 8.09. The second kappa shape index (κ2) is 2.15. The first-order valence-electron chi connectivity index (χ1n) is 1.31. The summed E-state index contributed by atoms with van der Waals surface area (Å²) in [7, 11) is 0. The second-order valence-electron chi connectivity index (χ2n) is 0.647. The summed E-state index contributed by atoms with van der Waals surface area (Å²) in [6, 6.07) is 0. The van der Waals surface area contributed by atoms with Gasteiger partial charge in [0.15, 0.2) is 0 Å². The predicted molar refractivity (Wildman–Crippen MR) is 25.4 cm³/mol. The third-order valence-electron chi connectivity index (χ3n) is 0.258. The molecular formula is C3H6OS. The number of thiol groups is 1. The van der Waals surface area contributed by atoms with E-state index in [0.29, 0.717) is 0 Å². The molecule has 1 N–H and O–H groups in total. The minimum Gasteiger partial charge on any atom is -0.503 e. The average molecular weight is 90.1 g/mol. The van der Waals surface area contributed by atoms with E-state index in [1.54, 1.807) is 6.92 Å². The molecule has 0 aromatic heterocycles. The first kappa shape index (κ1) is 4.89. The molecule has 5 heavy (non-hydrogen) atoms. The molecular weight excluding hydrogens is 84.1 g/mol. The Morgan fingerprint density at radius 2 is 2.20 bits per heavy atom. The van der Waals surface area contributed by atoms with Gasteiger partial charge in [0.2, 0.25) is 0 Å². The molecule has 1 nitrogen and oxygen atoms in total. The van der Waals surface area contributed by atoms with E-state index in [9.17, 15) is 0 Å². The lowest BCUT2D eigenvalue weighted by molar-refractivity contribution is 0.457. The minimum absolute atomic E-state index is 0.0741. The molecule has 2 heteroatoms. The van der Waals surface area contributed by atoms with Crippen molar-refractivity contribution in [1.82, 2.24) is 0 Å². The molecule has 30 valence electrons. The Hall–Kier alpha value is -0.110. The van der Waals surface area contributed by atoms with Gasteiger partial charge < -0.3 is 5.11 Å². The highest BCUT2D eigenvalue weighted by Crippen LogP contribution is 1.87. The molecule has 0 atom stereocenters. The molecule has 0 saturated heterocycles. The second-order valence-corrected chi connectivity index (χ2v) is 1.11. The van der Waals surface area contributed by atoms with E-state index < -0.39 is 0 Å². The van der Waals surface area contributed by atoms with Gasteiger partial charge in [0, 0.05) is 0 Å². The Morgan fingerprint density at radius 3 is 2.20 bits per heavy atom. The van der Waals surface area contributed by atoms with Crippen LogP contribution in [0.4, 0.5) is 0 Å². The van der Waals surface area contributed by atoms with Crippen LogP contribution in [0.1, 0.15) is 6.92 Å². The van der Waals surface area contributed by atoms with E-state index >= 15 is 0 Å². The Labute approximate surface area is 36.7 Å². The van der Waals surface area contributed by atoms with Crippen LogP contribution in [-0.4, -0.2) is 5.11 Å². The Balaban J connectivity index is 3.14. The zero-order valence-corrected chi connectivity index (χ0v) is 3.87. The molecule has 0 rings (SSSR count). The molecule has 0 spiro atoms. The highest BCUT2D eigenvalue weighted by atomic mass is 32.1. The van der Waals surface area contributed by atoms with Gasteiger partial charge in [0.25, 0.3) is 0 Å². The van der Waals surface area contributed by atoms with Gasteiger partial charge in [-0.15, -0.1) is 12.6 Å². The summed E-state index contributed by atoms with van der Waals surface area (Å²) < 4.78 is 0. The van der Waals surface area contributed by atoms with Crippen molar-refractivity contribution in [2.75, 3.05) is 0 Å². The molecule has 0 bridgehead atoms. The van der Waals surface area contributed by atoms with Crippen molar-refractivity contribution < 1.29 is 5.11 Å². The Bertz CT molecular complexity index is 44.9. The molecule has 0 amide bonds. The molecule has 0 fully saturated rings. The number of allylic oxidation sites excluding steroid dienone is 1. The van der Waals surface area contributed by atoms with Gasteiger partial charge in [0.1, 0.15) is 5.09 Å². The van der Waals surface area contributed by atoms with Gasteiger partial charge in [-0.1, -0.05) is 0 Å². The summed E-state index contributed by atoms with van der Waals surface area (Å²) in [6.45, 7) is 1.71. The van der Waals surface area contributed by atoms with Crippen molar-refractivity contribution in [2.24, 2.45) is 0 Å². The van der Waals surface area contributed by atoms with Crippen molar-refractivity contribution >= 4 is 12.6 Å². The van der Waals surface area contributed by atoms with Crippen molar-refractivity contribution in [3.05, 3.63) is 11.2 Å². The third-order valence-corrected chi connectivity index (χ3v) is 0.516. The highest BCUT2D eigenvalue weighted by Gasteiger charge is 1.64. The van der Waals surface area contributed by atoms with Gasteiger partial charge in [-0.25, -0.2) is 0 Å². The molecule has 0 aliphatic carbocycles. The maximum atomic E-state index is 8.09. The maximum Gasteiger partial charge on any atom is 0.142 e. The molecule has 0 saturated carbocycles. The van der Waals surface area contributed by atoms with Crippen LogP contribution in [0.25, 0.3) is 0 Å². The first-order chi connectivity index (χ1) is 2.27. The van der Waals surface area contributed by atoms with Crippen LogP contribution in [0.2, 0.25) is 0 Å². The lowest BCUT2D eigenvalue weighted by Crippen LogP contribution is -1.55. The van der Waals surface area contributed by atoms with E-state index in [1.165, 1.54) is 6.08 Å². The molecule has 0 heterocycles. The summed E-state index contributed by atoms with van der Waals surface area (Å²) in [5.41, 5.74) is 0. The largest absolute Gasteiger partial charge is 0.503 e. The molecule has 0 radical (unpaired) electrons. The SMILES string of the molecule is C/C=C(/O)S. The van der Waals surface area contributed by atoms with Crippen LogP contribution in [0.5, 0.6) is 0 Å². The van der Waals surface area contributed by atoms with Gasteiger partial charge in [-0.3, -0.25) is 0 Å². The van der Waals surface area contributed by atoms with E-state index in [2.05, 4.69) is 12.6 Å². The number of aliphatic hydroxyl groups excluding tert-OH is 1. The van der Waals surface area contributed by atoms with Gasteiger partial charge >= 0.3 is 0 Å². The Kier molecular flexibility index (Phi) is 2.10. The lowest BCUT2D eigenvalue weighted by atomic mass is 10.7.